The number of aryl methyl sites for hydroxylation is 1. The van der Waals surface area contributed by atoms with Crippen molar-refractivity contribution < 1.29 is 22.8 Å². The number of anilines is 1. The highest BCUT2D eigenvalue weighted by atomic mass is 32.2. The van der Waals surface area contributed by atoms with Crippen LogP contribution in [-0.4, -0.2) is 54.1 Å². The first-order valence-electron chi connectivity index (χ1n) is 10.6. The molecule has 1 aromatic carbocycles. The van der Waals surface area contributed by atoms with Crippen molar-refractivity contribution in [3.8, 4) is 0 Å². The maximum atomic E-state index is 12.4. The number of aliphatic imine (C=N–C) groups is 2. The normalized spacial score (nSPS) is 17.6. The predicted octanol–water partition coefficient (Wildman–Crippen LogP) is 0.122. The second-order valence-corrected chi connectivity index (χ2v) is 9.59. The van der Waals surface area contributed by atoms with Crippen LogP contribution in [0.4, 0.5) is 5.82 Å². The van der Waals surface area contributed by atoms with E-state index in [4.69, 9.17) is 5.14 Å². The van der Waals surface area contributed by atoms with Crippen molar-refractivity contribution in [1.29, 1.82) is 0 Å². The average molecular weight is 486 g/mol. The Kier molecular flexibility index (Phi) is 6.39. The van der Waals surface area contributed by atoms with E-state index in [1.807, 2.05) is 0 Å². The van der Waals surface area contributed by atoms with Gasteiger partial charge in [0.25, 0.3) is 11.9 Å². The minimum atomic E-state index is -3.78. The molecule has 0 saturated heterocycles. The minimum Gasteiger partial charge on any atom is -0.347 e. The van der Waals surface area contributed by atoms with Gasteiger partial charge in [0.1, 0.15) is 5.82 Å². The number of primary sulfonamides is 1. The van der Waals surface area contributed by atoms with Crippen molar-refractivity contribution >= 4 is 45.2 Å². The number of fused-ring (bicyclic) bond motifs is 1. The largest absolute Gasteiger partial charge is 0.347 e. The molecule has 178 valence electrons. The number of carbonyl (C=O) groups is 3. The Morgan fingerprint density at radius 2 is 1.91 bits per heavy atom. The molecular weight excluding hydrogens is 462 g/mol. The fraction of sp³-hybridized carbons (Fsp3) is 0.333. The number of amides is 3. The van der Waals surface area contributed by atoms with Crippen LogP contribution in [0, 0.1) is 12.8 Å². The van der Waals surface area contributed by atoms with Crippen LogP contribution in [0.3, 0.4) is 0 Å². The number of carbonyl (C=O) groups excluding carboxylic acids is 3. The summed E-state index contributed by atoms with van der Waals surface area (Å²) < 4.78 is 23.8. The molecule has 34 heavy (non-hydrogen) atoms. The molecule has 2 aromatic rings. The van der Waals surface area contributed by atoms with Crippen molar-refractivity contribution in [2.45, 2.75) is 37.5 Å². The number of nitrogens with two attached hydrogens (primary N) is 1. The standard InChI is InChI=1S/C21H23N7O5S/c1-12-11-17(28(27-12)21-24-16-4-2-3-15(16)18(29)26-21)25-20(31)19(30)23-10-9-13-5-7-14(8-6-13)34(22,32)33/h5-8,11,15H,2-4,9-10H2,1H3,(H,23,30)(H,25,31)(H2,22,32,33). The van der Waals surface area contributed by atoms with Crippen LogP contribution in [0.25, 0.3) is 0 Å². The highest BCUT2D eigenvalue weighted by Crippen LogP contribution is 2.27. The fourth-order valence-corrected chi connectivity index (χ4v) is 4.33. The van der Waals surface area contributed by atoms with Crippen LogP contribution in [0.2, 0.25) is 0 Å². The van der Waals surface area contributed by atoms with Crippen molar-refractivity contribution in [3.63, 3.8) is 0 Å². The van der Waals surface area contributed by atoms with Crippen LogP contribution in [-0.2, 0) is 30.8 Å². The van der Waals surface area contributed by atoms with Gasteiger partial charge in [-0.05, 0) is 50.3 Å². The molecule has 2 aliphatic rings. The number of hydrogen-bond donors (Lipinski definition) is 3. The van der Waals surface area contributed by atoms with Gasteiger partial charge in [-0.3, -0.25) is 14.4 Å². The number of benzene rings is 1. The first-order chi connectivity index (χ1) is 16.1. The van der Waals surface area contributed by atoms with Gasteiger partial charge in [-0.2, -0.15) is 14.8 Å². The Labute approximate surface area is 195 Å². The molecule has 1 aliphatic heterocycles. The highest BCUT2D eigenvalue weighted by molar-refractivity contribution is 7.89. The second-order valence-electron chi connectivity index (χ2n) is 8.03. The van der Waals surface area contributed by atoms with Gasteiger partial charge in [0.2, 0.25) is 10.0 Å². The molecule has 1 saturated carbocycles. The molecule has 1 unspecified atom stereocenters. The van der Waals surface area contributed by atoms with Crippen molar-refractivity contribution in [2.24, 2.45) is 21.0 Å². The number of aromatic nitrogens is 2. The summed E-state index contributed by atoms with van der Waals surface area (Å²) in [5, 5.41) is 14.3. The second kappa shape index (κ2) is 9.27. The summed E-state index contributed by atoms with van der Waals surface area (Å²) in [6.45, 7) is 1.85. The molecule has 0 radical (unpaired) electrons. The Bertz CT molecular complexity index is 1330. The van der Waals surface area contributed by atoms with Gasteiger partial charge in [-0.15, -0.1) is 0 Å². The Balaban J connectivity index is 1.37. The number of sulfonamides is 1. The number of hydrogen-bond acceptors (Lipinski definition) is 7. The molecule has 4 N–H and O–H groups in total. The molecular formula is C21H23N7O5S. The highest BCUT2D eigenvalue weighted by Gasteiger charge is 2.33. The van der Waals surface area contributed by atoms with Crippen LogP contribution in [0.5, 0.6) is 0 Å². The maximum Gasteiger partial charge on any atom is 0.314 e. The van der Waals surface area contributed by atoms with Crippen molar-refractivity contribution in [2.75, 3.05) is 11.9 Å². The Hall–Kier alpha value is -3.71. The lowest BCUT2D eigenvalue weighted by molar-refractivity contribution is -0.136. The van der Waals surface area contributed by atoms with Gasteiger partial charge in [-0.25, -0.2) is 18.5 Å². The molecule has 13 heteroatoms. The lowest BCUT2D eigenvalue weighted by Crippen LogP contribution is -2.37. The topological polar surface area (TPSA) is 178 Å². The van der Waals surface area contributed by atoms with E-state index in [0.29, 0.717) is 18.5 Å². The molecule has 0 spiro atoms. The molecule has 12 nitrogen and oxygen atoms in total. The quantitative estimate of drug-likeness (QED) is 0.506. The van der Waals surface area contributed by atoms with Crippen molar-refractivity contribution in [1.82, 2.24) is 15.1 Å². The molecule has 0 bridgehead atoms. The summed E-state index contributed by atoms with van der Waals surface area (Å²) in [5.41, 5.74) is 2.06. The lowest BCUT2D eigenvalue weighted by atomic mass is 10.1. The van der Waals surface area contributed by atoms with Crippen LogP contribution < -0.4 is 15.8 Å². The molecule has 4 rings (SSSR count). The van der Waals surface area contributed by atoms with E-state index in [2.05, 4.69) is 25.7 Å². The molecule has 1 aliphatic carbocycles. The summed E-state index contributed by atoms with van der Waals surface area (Å²) >= 11 is 0. The zero-order valence-electron chi connectivity index (χ0n) is 18.3. The van der Waals surface area contributed by atoms with Gasteiger partial charge in [0.15, 0.2) is 0 Å². The lowest BCUT2D eigenvalue weighted by Gasteiger charge is -2.15. The average Bonchev–Trinajstić information content (AvgIpc) is 3.40. The first kappa shape index (κ1) is 23.4. The van der Waals surface area contributed by atoms with Gasteiger partial charge in [0.05, 0.1) is 16.5 Å². The molecule has 1 fully saturated rings. The molecule has 3 amide bonds. The third-order valence-electron chi connectivity index (χ3n) is 5.50. The van der Waals surface area contributed by atoms with E-state index >= 15 is 0 Å². The Morgan fingerprint density at radius 3 is 2.62 bits per heavy atom. The SMILES string of the molecule is Cc1cc(NC(=O)C(=O)NCCc2ccc(S(N)(=O)=O)cc2)n(C2=NC(=O)C3CCCC3=N2)n1. The molecule has 2 heterocycles. The maximum absolute atomic E-state index is 12.4. The van der Waals surface area contributed by atoms with Gasteiger partial charge >= 0.3 is 11.8 Å². The molecule has 1 atom stereocenters. The zero-order valence-corrected chi connectivity index (χ0v) is 19.1. The first-order valence-corrected chi connectivity index (χ1v) is 12.1. The smallest absolute Gasteiger partial charge is 0.314 e. The van der Waals surface area contributed by atoms with E-state index in [-0.39, 0.29) is 35.0 Å². The summed E-state index contributed by atoms with van der Waals surface area (Å²) in [6, 6.07) is 7.45. The van der Waals surface area contributed by atoms with Crippen LogP contribution >= 0.6 is 0 Å². The third-order valence-corrected chi connectivity index (χ3v) is 6.43. The summed E-state index contributed by atoms with van der Waals surface area (Å²) in [5.74, 6) is -2.11. The Morgan fingerprint density at radius 1 is 1.18 bits per heavy atom. The number of nitrogens with zero attached hydrogens (tertiary/aromatic N) is 4. The van der Waals surface area contributed by atoms with E-state index in [0.717, 1.165) is 24.1 Å². The van der Waals surface area contributed by atoms with E-state index < -0.39 is 21.8 Å². The third kappa shape index (κ3) is 5.10. The zero-order chi connectivity index (χ0) is 24.5. The fourth-order valence-electron chi connectivity index (χ4n) is 3.81. The summed E-state index contributed by atoms with van der Waals surface area (Å²) in [4.78, 5) is 45.4. The van der Waals surface area contributed by atoms with Gasteiger partial charge in [0, 0.05) is 18.3 Å². The van der Waals surface area contributed by atoms with E-state index in [1.165, 1.54) is 16.8 Å². The summed E-state index contributed by atoms with van der Waals surface area (Å²) in [7, 11) is -3.78. The monoisotopic (exact) mass is 485 g/mol. The van der Waals surface area contributed by atoms with E-state index in [9.17, 15) is 22.8 Å². The molecule has 1 aromatic heterocycles. The number of rotatable bonds is 5. The minimum absolute atomic E-state index is 0.00979. The van der Waals surface area contributed by atoms with Crippen LogP contribution in [0.1, 0.15) is 30.5 Å². The van der Waals surface area contributed by atoms with Crippen LogP contribution in [0.15, 0.2) is 45.2 Å². The summed E-state index contributed by atoms with van der Waals surface area (Å²) in [6.07, 6.45) is 2.69. The predicted molar refractivity (Wildman–Crippen MR) is 123 cm³/mol. The van der Waals surface area contributed by atoms with Crippen molar-refractivity contribution in [3.05, 3.63) is 41.6 Å². The van der Waals surface area contributed by atoms with Gasteiger partial charge < -0.3 is 10.6 Å². The number of nitrogens with one attached hydrogen (secondary N) is 2. The van der Waals surface area contributed by atoms with Gasteiger partial charge in [-0.1, -0.05) is 12.1 Å². The van der Waals surface area contributed by atoms with E-state index in [1.54, 1.807) is 25.1 Å².